The van der Waals surface area contributed by atoms with E-state index in [0.717, 1.165) is 17.0 Å². The molecule has 0 saturated carbocycles. The van der Waals surface area contributed by atoms with Gasteiger partial charge in [-0.3, -0.25) is 4.79 Å². The summed E-state index contributed by atoms with van der Waals surface area (Å²) in [4.78, 5) is 17.1. The maximum absolute atomic E-state index is 12.9. The van der Waals surface area contributed by atoms with E-state index >= 15 is 0 Å². The minimum absolute atomic E-state index is 0.110. The van der Waals surface area contributed by atoms with Crippen molar-refractivity contribution in [1.29, 1.82) is 0 Å². The highest BCUT2D eigenvalue weighted by Gasteiger charge is 2.30. The first-order valence-electron chi connectivity index (χ1n) is 9.18. The van der Waals surface area contributed by atoms with Crippen LogP contribution in [-0.4, -0.2) is 69.8 Å². The van der Waals surface area contributed by atoms with E-state index in [9.17, 15) is 13.2 Å². The van der Waals surface area contributed by atoms with Crippen molar-refractivity contribution in [2.24, 2.45) is 0 Å². The lowest BCUT2D eigenvalue weighted by atomic mass is 10.3. The van der Waals surface area contributed by atoms with E-state index in [1.807, 2.05) is 36.2 Å². The van der Waals surface area contributed by atoms with Crippen LogP contribution in [0, 0.1) is 6.92 Å². The van der Waals surface area contributed by atoms with E-state index in [1.54, 1.807) is 4.68 Å². The van der Waals surface area contributed by atoms with Gasteiger partial charge in [-0.1, -0.05) is 11.3 Å². The van der Waals surface area contributed by atoms with E-state index in [2.05, 4.69) is 25.6 Å². The number of thiazole rings is 1. The van der Waals surface area contributed by atoms with Gasteiger partial charge in [0.1, 0.15) is 0 Å². The van der Waals surface area contributed by atoms with Crippen LogP contribution in [0.25, 0.3) is 5.82 Å². The van der Waals surface area contributed by atoms with Crippen molar-refractivity contribution < 1.29 is 13.2 Å². The third kappa shape index (κ3) is 4.17. The molecule has 0 unspecified atom stereocenters. The largest absolute Gasteiger partial charge is 0.352 e. The number of aromatic nitrogens is 5. The fourth-order valence-corrected chi connectivity index (χ4v) is 5.68. The second-order valence-corrected chi connectivity index (χ2v) is 9.90. The van der Waals surface area contributed by atoms with E-state index < -0.39 is 10.0 Å². The van der Waals surface area contributed by atoms with Crippen molar-refractivity contribution in [3.63, 3.8) is 0 Å². The monoisotopic (exact) mass is 448 g/mol. The molecule has 0 spiro atoms. The lowest BCUT2D eigenvalue weighted by Crippen LogP contribution is -2.48. The Hall–Kier alpha value is -2.90. The molecular weight excluding hydrogens is 428 g/mol. The third-order valence-corrected chi connectivity index (χ3v) is 7.77. The summed E-state index contributed by atoms with van der Waals surface area (Å²) in [5.41, 5.74) is 0.892. The Morgan fingerprint density at radius 2 is 1.80 bits per heavy atom. The van der Waals surface area contributed by atoms with E-state index in [-0.39, 0.29) is 15.2 Å². The van der Waals surface area contributed by atoms with Gasteiger partial charge in [0, 0.05) is 39.3 Å². The maximum Gasteiger partial charge on any atom is 0.254 e. The first-order valence-corrected chi connectivity index (χ1v) is 11.4. The number of piperazine rings is 1. The van der Waals surface area contributed by atoms with Gasteiger partial charge in [-0.15, -0.1) is 10.2 Å². The molecule has 0 radical (unpaired) electrons. The Morgan fingerprint density at radius 3 is 2.40 bits per heavy atom. The zero-order valence-corrected chi connectivity index (χ0v) is 18.0. The lowest BCUT2D eigenvalue weighted by Gasteiger charge is -2.34. The molecule has 3 aromatic rings. The zero-order valence-electron chi connectivity index (χ0n) is 16.4. The molecule has 0 aliphatic carbocycles. The summed E-state index contributed by atoms with van der Waals surface area (Å²) >= 11 is 0.943. The predicted molar refractivity (Wildman–Crippen MR) is 111 cm³/mol. The minimum atomic E-state index is -3.66. The highest BCUT2D eigenvalue weighted by molar-refractivity contribution is 7.91. The number of rotatable bonds is 5. The number of carbonyl (C=O) groups is 1. The Labute approximate surface area is 177 Å². The van der Waals surface area contributed by atoms with Crippen molar-refractivity contribution in [2.45, 2.75) is 18.1 Å². The summed E-state index contributed by atoms with van der Waals surface area (Å²) in [6.07, 6.45) is 3.10. The molecule has 11 nitrogen and oxygen atoms in total. The molecule has 3 aromatic heterocycles. The summed E-state index contributed by atoms with van der Waals surface area (Å²) < 4.78 is 28.9. The molecule has 0 atom stereocenters. The number of nitrogens with zero attached hydrogens (tertiary/aromatic N) is 7. The predicted octanol–water partition coefficient (Wildman–Crippen LogP) is 0.897. The van der Waals surface area contributed by atoms with Crippen LogP contribution >= 0.6 is 11.3 Å². The molecule has 158 valence electrons. The van der Waals surface area contributed by atoms with Crippen LogP contribution < -0.4 is 10.2 Å². The van der Waals surface area contributed by atoms with Gasteiger partial charge < -0.3 is 10.2 Å². The highest BCUT2D eigenvalue weighted by Crippen LogP contribution is 2.27. The molecule has 13 heteroatoms. The van der Waals surface area contributed by atoms with Gasteiger partial charge >= 0.3 is 0 Å². The van der Waals surface area contributed by atoms with Gasteiger partial charge in [0.05, 0.1) is 11.9 Å². The Morgan fingerprint density at radius 1 is 1.10 bits per heavy atom. The van der Waals surface area contributed by atoms with Gasteiger partial charge in [0.15, 0.2) is 21.0 Å². The molecule has 0 bridgehead atoms. The fraction of sp³-hybridized carbons (Fsp3) is 0.353. The number of nitrogens with one attached hydrogen (secondary N) is 1. The van der Waals surface area contributed by atoms with Crippen LogP contribution in [0.3, 0.4) is 0 Å². The number of anilines is 2. The fourth-order valence-electron chi connectivity index (χ4n) is 3.02. The minimum Gasteiger partial charge on any atom is -0.352 e. The SMILES string of the molecule is CC(=O)Nc1ncc(S(=O)(=O)N2CCN(c3ccc(-n4ccc(C)n4)nn3)CC2)s1. The molecular formula is C17H20N8O3S2. The molecule has 1 amide bonds. The van der Waals surface area contributed by atoms with Crippen LogP contribution in [-0.2, 0) is 14.8 Å². The van der Waals surface area contributed by atoms with Crippen LogP contribution in [0.5, 0.6) is 0 Å². The topological polar surface area (TPSA) is 126 Å². The summed E-state index contributed by atoms with van der Waals surface area (Å²) in [5.74, 6) is 1.01. The van der Waals surface area contributed by atoms with E-state index in [1.165, 1.54) is 17.4 Å². The average molecular weight is 449 g/mol. The van der Waals surface area contributed by atoms with E-state index in [4.69, 9.17) is 0 Å². The number of aryl methyl sites for hydroxylation is 1. The molecule has 0 aromatic carbocycles. The molecule has 4 heterocycles. The second-order valence-electron chi connectivity index (χ2n) is 6.71. The van der Waals surface area contributed by atoms with Crippen molar-refractivity contribution in [3.8, 4) is 5.82 Å². The van der Waals surface area contributed by atoms with Crippen molar-refractivity contribution >= 4 is 38.2 Å². The summed E-state index contributed by atoms with van der Waals surface area (Å²) in [7, 11) is -3.66. The molecule has 1 N–H and O–H groups in total. The van der Waals surface area contributed by atoms with Crippen LogP contribution in [0.1, 0.15) is 12.6 Å². The molecule has 1 saturated heterocycles. The number of hydrogen-bond donors (Lipinski definition) is 1. The van der Waals surface area contributed by atoms with Crippen LogP contribution in [0.2, 0.25) is 0 Å². The maximum atomic E-state index is 12.9. The van der Waals surface area contributed by atoms with Crippen LogP contribution in [0.4, 0.5) is 10.9 Å². The zero-order chi connectivity index (χ0) is 21.3. The molecule has 1 aliphatic rings. The number of amides is 1. The van der Waals surface area contributed by atoms with Crippen LogP contribution in [0.15, 0.2) is 34.8 Å². The summed E-state index contributed by atoms with van der Waals surface area (Å²) in [5, 5.41) is 15.6. The first kappa shape index (κ1) is 20.4. The molecule has 1 fully saturated rings. The average Bonchev–Trinajstić information content (AvgIpc) is 3.37. The van der Waals surface area contributed by atoms with Gasteiger partial charge in [-0.2, -0.15) is 9.40 Å². The quantitative estimate of drug-likeness (QED) is 0.610. The van der Waals surface area contributed by atoms with Crippen molar-refractivity contribution in [2.75, 3.05) is 36.4 Å². The van der Waals surface area contributed by atoms with Gasteiger partial charge in [-0.05, 0) is 25.1 Å². The Balaban J connectivity index is 1.40. The normalized spacial score (nSPS) is 15.3. The Kier molecular flexibility index (Phi) is 5.49. The first-order chi connectivity index (χ1) is 14.3. The van der Waals surface area contributed by atoms with Crippen molar-refractivity contribution in [3.05, 3.63) is 36.3 Å². The molecule has 1 aliphatic heterocycles. The number of sulfonamides is 1. The van der Waals surface area contributed by atoms with Gasteiger partial charge in [-0.25, -0.2) is 18.1 Å². The number of carbonyl (C=O) groups excluding carboxylic acids is 1. The number of hydrogen-bond acceptors (Lipinski definition) is 9. The standard InChI is InChI=1S/C17H20N8O3S2/c1-12-5-6-25(22-12)15-4-3-14(20-21-15)23-7-9-24(10-8-23)30(27,28)16-11-18-17(29-16)19-13(2)26/h3-6,11H,7-10H2,1-2H3,(H,18,19,26). The summed E-state index contributed by atoms with van der Waals surface area (Å²) in [6, 6.07) is 5.57. The van der Waals surface area contributed by atoms with Gasteiger partial charge in [0.2, 0.25) is 5.91 Å². The van der Waals surface area contributed by atoms with Crippen molar-refractivity contribution in [1.82, 2.24) is 29.3 Å². The lowest BCUT2D eigenvalue weighted by molar-refractivity contribution is -0.114. The third-order valence-electron chi connectivity index (χ3n) is 4.52. The van der Waals surface area contributed by atoms with Gasteiger partial charge in [0.25, 0.3) is 10.0 Å². The molecule has 30 heavy (non-hydrogen) atoms. The van der Waals surface area contributed by atoms with E-state index in [0.29, 0.717) is 37.8 Å². The second kappa shape index (κ2) is 8.08. The summed E-state index contributed by atoms with van der Waals surface area (Å²) in [6.45, 7) is 4.87. The molecule has 4 rings (SSSR count). The Bertz CT molecular complexity index is 1150. The smallest absolute Gasteiger partial charge is 0.254 e. The highest BCUT2D eigenvalue weighted by atomic mass is 32.2.